The van der Waals surface area contributed by atoms with E-state index < -0.39 is 0 Å². The van der Waals surface area contributed by atoms with Crippen molar-refractivity contribution in [1.29, 1.82) is 0 Å². The molecule has 1 fully saturated rings. The van der Waals surface area contributed by atoms with Gasteiger partial charge in [0.1, 0.15) is 0 Å². The third-order valence-corrected chi connectivity index (χ3v) is 4.75. The number of hydrogen-bond acceptors (Lipinski definition) is 2. The SMILES string of the molecule is CC1CCC(CN)(C(=O)NC(C)c2ccccc2)CC1. The van der Waals surface area contributed by atoms with Crippen molar-refractivity contribution in [2.24, 2.45) is 17.1 Å². The number of benzene rings is 1. The molecular formula is C17H26N2O. The Kier molecular flexibility index (Phi) is 4.81. The molecule has 0 heterocycles. The van der Waals surface area contributed by atoms with Gasteiger partial charge in [-0.2, -0.15) is 0 Å². The van der Waals surface area contributed by atoms with Gasteiger partial charge in [-0.15, -0.1) is 0 Å². The predicted molar refractivity (Wildman–Crippen MR) is 82.1 cm³/mol. The molecule has 3 N–H and O–H groups in total. The summed E-state index contributed by atoms with van der Waals surface area (Å²) in [6, 6.07) is 10.1. The van der Waals surface area contributed by atoms with E-state index in [4.69, 9.17) is 5.73 Å². The standard InChI is InChI=1S/C17H26N2O/c1-13-8-10-17(12-18,11-9-13)16(20)19-14(2)15-6-4-3-5-7-15/h3-7,13-14H,8-12,18H2,1-2H3,(H,19,20). The van der Waals surface area contributed by atoms with Crippen molar-refractivity contribution in [3.63, 3.8) is 0 Å². The van der Waals surface area contributed by atoms with Gasteiger partial charge in [0.05, 0.1) is 11.5 Å². The predicted octanol–water partition coefficient (Wildman–Crippen LogP) is 3.02. The Morgan fingerprint density at radius 3 is 2.50 bits per heavy atom. The molecule has 1 atom stereocenters. The smallest absolute Gasteiger partial charge is 0.227 e. The van der Waals surface area contributed by atoms with Crippen LogP contribution in [-0.2, 0) is 4.79 Å². The maximum absolute atomic E-state index is 12.7. The molecule has 110 valence electrons. The van der Waals surface area contributed by atoms with Crippen molar-refractivity contribution in [2.45, 2.75) is 45.6 Å². The average Bonchev–Trinajstić information content (AvgIpc) is 2.49. The molecule has 2 rings (SSSR count). The van der Waals surface area contributed by atoms with E-state index in [0.717, 1.165) is 31.2 Å². The van der Waals surface area contributed by atoms with Crippen LogP contribution in [0.15, 0.2) is 30.3 Å². The molecule has 0 saturated heterocycles. The highest BCUT2D eigenvalue weighted by atomic mass is 16.2. The maximum Gasteiger partial charge on any atom is 0.227 e. The van der Waals surface area contributed by atoms with Crippen LogP contribution in [0.3, 0.4) is 0 Å². The van der Waals surface area contributed by atoms with Crippen LogP contribution in [0, 0.1) is 11.3 Å². The summed E-state index contributed by atoms with van der Waals surface area (Å²) in [7, 11) is 0. The van der Waals surface area contributed by atoms with E-state index in [1.165, 1.54) is 0 Å². The first kappa shape index (κ1) is 15.0. The number of nitrogens with one attached hydrogen (secondary N) is 1. The normalized spacial score (nSPS) is 27.9. The van der Waals surface area contributed by atoms with Gasteiger partial charge in [0.2, 0.25) is 5.91 Å². The van der Waals surface area contributed by atoms with Gasteiger partial charge in [-0.05, 0) is 44.1 Å². The second-order valence-electron chi connectivity index (χ2n) is 6.27. The number of hydrogen-bond donors (Lipinski definition) is 2. The molecule has 0 aliphatic heterocycles. The minimum absolute atomic E-state index is 0.0338. The lowest BCUT2D eigenvalue weighted by molar-refractivity contribution is -0.133. The average molecular weight is 274 g/mol. The molecule has 0 bridgehead atoms. The molecule has 1 amide bonds. The lowest BCUT2D eigenvalue weighted by Crippen LogP contribution is -2.48. The molecule has 1 unspecified atom stereocenters. The highest BCUT2D eigenvalue weighted by Gasteiger charge is 2.40. The fourth-order valence-electron chi connectivity index (χ4n) is 3.01. The van der Waals surface area contributed by atoms with Gasteiger partial charge in [-0.3, -0.25) is 4.79 Å². The fourth-order valence-corrected chi connectivity index (χ4v) is 3.01. The van der Waals surface area contributed by atoms with E-state index in [9.17, 15) is 4.79 Å². The van der Waals surface area contributed by atoms with Crippen molar-refractivity contribution in [3.8, 4) is 0 Å². The first-order chi connectivity index (χ1) is 9.57. The van der Waals surface area contributed by atoms with E-state index in [2.05, 4.69) is 12.2 Å². The molecule has 1 aliphatic rings. The van der Waals surface area contributed by atoms with Crippen molar-refractivity contribution < 1.29 is 4.79 Å². The zero-order chi connectivity index (χ0) is 14.6. The van der Waals surface area contributed by atoms with Gasteiger partial charge >= 0.3 is 0 Å². The minimum Gasteiger partial charge on any atom is -0.349 e. The number of amides is 1. The zero-order valence-corrected chi connectivity index (χ0v) is 12.6. The van der Waals surface area contributed by atoms with Crippen LogP contribution < -0.4 is 11.1 Å². The van der Waals surface area contributed by atoms with Gasteiger partial charge in [-0.25, -0.2) is 0 Å². The largest absolute Gasteiger partial charge is 0.349 e. The van der Waals surface area contributed by atoms with E-state index in [-0.39, 0.29) is 17.4 Å². The molecule has 1 aliphatic carbocycles. The summed E-state index contributed by atoms with van der Waals surface area (Å²) < 4.78 is 0. The summed E-state index contributed by atoms with van der Waals surface area (Å²) in [6.45, 7) is 4.74. The summed E-state index contributed by atoms with van der Waals surface area (Å²) in [5.41, 5.74) is 6.72. The Bertz CT molecular complexity index is 436. The summed E-state index contributed by atoms with van der Waals surface area (Å²) in [5.74, 6) is 0.845. The van der Waals surface area contributed by atoms with Crippen molar-refractivity contribution >= 4 is 5.91 Å². The van der Waals surface area contributed by atoms with Crippen LogP contribution in [0.4, 0.5) is 0 Å². The first-order valence-corrected chi connectivity index (χ1v) is 7.63. The van der Waals surface area contributed by atoms with E-state index >= 15 is 0 Å². The minimum atomic E-state index is -0.352. The van der Waals surface area contributed by atoms with Crippen molar-refractivity contribution in [3.05, 3.63) is 35.9 Å². The second-order valence-corrected chi connectivity index (χ2v) is 6.27. The third-order valence-electron chi connectivity index (χ3n) is 4.75. The highest BCUT2D eigenvalue weighted by molar-refractivity contribution is 5.83. The monoisotopic (exact) mass is 274 g/mol. The molecule has 20 heavy (non-hydrogen) atoms. The molecule has 1 saturated carbocycles. The van der Waals surface area contributed by atoms with E-state index in [1.54, 1.807) is 0 Å². The number of carbonyl (C=O) groups excluding carboxylic acids is 1. The summed E-state index contributed by atoms with van der Waals surface area (Å²) >= 11 is 0. The Balaban J connectivity index is 2.03. The van der Waals surface area contributed by atoms with Gasteiger partial charge < -0.3 is 11.1 Å². The molecule has 3 heteroatoms. The van der Waals surface area contributed by atoms with Crippen LogP contribution in [0.25, 0.3) is 0 Å². The quantitative estimate of drug-likeness (QED) is 0.886. The molecule has 0 aromatic heterocycles. The van der Waals surface area contributed by atoms with Crippen LogP contribution in [0.5, 0.6) is 0 Å². The highest BCUT2D eigenvalue weighted by Crippen LogP contribution is 2.38. The van der Waals surface area contributed by atoms with Gasteiger partial charge in [0, 0.05) is 6.54 Å². The third kappa shape index (κ3) is 3.21. The Hall–Kier alpha value is -1.35. The van der Waals surface area contributed by atoms with Crippen LogP contribution in [0.2, 0.25) is 0 Å². The van der Waals surface area contributed by atoms with Crippen molar-refractivity contribution in [1.82, 2.24) is 5.32 Å². The molecule has 0 radical (unpaired) electrons. The van der Waals surface area contributed by atoms with E-state index in [0.29, 0.717) is 12.5 Å². The number of rotatable bonds is 4. The summed E-state index contributed by atoms with van der Waals surface area (Å²) in [5, 5.41) is 3.15. The topological polar surface area (TPSA) is 55.1 Å². The molecule has 1 aromatic rings. The first-order valence-electron chi connectivity index (χ1n) is 7.63. The second kappa shape index (κ2) is 6.40. The lowest BCUT2D eigenvalue weighted by Gasteiger charge is -2.38. The molecule has 0 spiro atoms. The zero-order valence-electron chi connectivity index (χ0n) is 12.6. The maximum atomic E-state index is 12.7. The molecule has 3 nitrogen and oxygen atoms in total. The van der Waals surface area contributed by atoms with Gasteiger partial charge in [-0.1, -0.05) is 37.3 Å². The van der Waals surface area contributed by atoms with E-state index in [1.807, 2.05) is 37.3 Å². The Labute approximate surface area is 121 Å². The molecule has 1 aromatic carbocycles. The summed E-state index contributed by atoms with van der Waals surface area (Å²) in [4.78, 5) is 12.7. The fraction of sp³-hybridized carbons (Fsp3) is 0.588. The Morgan fingerprint density at radius 1 is 1.35 bits per heavy atom. The number of carbonyl (C=O) groups is 1. The lowest BCUT2D eigenvalue weighted by atomic mass is 9.70. The van der Waals surface area contributed by atoms with Crippen LogP contribution in [-0.4, -0.2) is 12.5 Å². The van der Waals surface area contributed by atoms with Crippen molar-refractivity contribution in [2.75, 3.05) is 6.54 Å². The molecular weight excluding hydrogens is 248 g/mol. The summed E-state index contributed by atoms with van der Waals surface area (Å²) in [6.07, 6.45) is 4.03. The van der Waals surface area contributed by atoms with Crippen LogP contribution >= 0.6 is 0 Å². The van der Waals surface area contributed by atoms with Gasteiger partial charge in [0.15, 0.2) is 0 Å². The Morgan fingerprint density at radius 2 is 1.95 bits per heavy atom. The van der Waals surface area contributed by atoms with Gasteiger partial charge in [0.25, 0.3) is 0 Å². The van der Waals surface area contributed by atoms with Crippen LogP contribution in [0.1, 0.15) is 51.1 Å². The number of nitrogens with two attached hydrogens (primary N) is 1.